The monoisotopic (exact) mass is 1400 g/mol. The van der Waals surface area contributed by atoms with Gasteiger partial charge < -0.3 is 9.47 Å². The Kier molecular flexibility index (Phi) is 14.3. The fourth-order valence-corrected chi connectivity index (χ4v) is 18.1. The first-order valence-corrected chi connectivity index (χ1v) is 37.5. The molecule has 4 aliphatic rings. The smallest absolute Gasteiger partial charge is 0.160 e. The third-order valence-electron chi connectivity index (χ3n) is 23.1. The largest absolute Gasteiger partial charge is 0.456 e. The van der Waals surface area contributed by atoms with Crippen molar-refractivity contribution in [3.63, 3.8) is 0 Å². The quantitative estimate of drug-likeness (QED) is 0.136. The Morgan fingerprint density at radius 3 is 1.02 bits per heavy atom. The van der Waals surface area contributed by atoms with E-state index in [4.69, 9.17) is 29.4 Å². The molecule has 110 heavy (non-hydrogen) atoms. The lowest BCUT2D eigenvalue weighted by molar-refractivity contribution is 0.438. The van der Waals surface area contributed by atoms with Gasteiger partial charge in [-0.2, -0.15) is 0 Å². The molecule has 1 atom stereocenters. The molecule has 16 aromatic carbocycles. The van der Waals surface area contributed by atoms with Crippen molar-refractivity contribution in [2.24, 2.45) is 0 Å². The van der Waals surface area contributed by atoms with Crippen LogP contribution >= 0.6 is 0 Å². The molecule has 22 rings (SSSR count). The molecule has 2 spiro atoms. The number of fused-ring (bicyclic) bond motifs is 19. The van der Waals surface area contributed by atoms with Crippen LogP contribution in [0.25, 0.3) is 145 Å². The van der Waals surface area contributed by atoms with Crippen LogP contribution in [-0.4, -0.2) is 19.9 Å². The number of rotatable bonds is 10. The Morgan fingerprint density at radius 2 is 0.500 bits per heavy atom. The maximum atomic E-state index is 7.21. The number of para-hydroxylation sites is 4. The molecule has 0 N–H and O–H groups in total. The van der Waals surface area contributed by atoms with Gasteiger partial charge in [0.25, 0.3) is 0 Å². The molecular formula is C104H64N4O2. The molecular weight excluding hydrogens is 1340 g/mol. The van der Waals surface area contributed by atoms with Gasteiger partial charge in [-0.05, 0) is 131 Å². The summed E-state index contributed by atoms with van der Waals surface area (Å²) in [7, 11) is 0. The van der Waals surface area contributed by atoms with Gasteiger partial charge in [-0.15, -0.1) is 0 Å². The van der Waals surface area contributed by atoms with Crippen LogP contribution in [0.2, 0.25) is 0 Å². The highest BCUT2D eigenvalue weighted by Crippen LogP contribution is 2.65. The van der Waals surface area contributed by atoms with Gasteiger partial charge in [0.15, 0.2) is 11.6 Å². The maximum Gasteiger partial charge on any atom is 0.160 e. The van der Waals surface area contributed by atoms with Gasteiger partial charge in [0.1, 0.15) is 23.0 Å². The first kappa shape index (κ1) is 62.9. The molecule has 2 aliphatic heterocycles. The Morgan fingerprint density at radius 1 is 0.173 bits per heavy atom. The van der Waals surface area contributed by atoms with E-state index < -0.39 is 10.8 Å². The topological polar surface area (TPSA) is 70.0 Å². The summed E-state index contributed by atoms with van der Waals surface area (Å²) in [5, 5.41) is 2.36. The zero-order chi connectivity index (χ0) is 72.4. The van der Waals surface area contributed by atoms with E-state index in [9.17, 15) is 0 Å². The molecule has 6 heteroatoms. The van der Waals surface area contributed by atoms with Crippen molar-refractivity contribution in [1.29, 1.82) is 0 Å². The predicted molar refractivity (Wildman–Crippen MR) is 444 cm³/mol. The SMILES string of the molecule is c1ccc(-c2cc(-c3ccc(-c4cccc(-c5ccc6c(c5)-c5ccccc5C65c6ccccc6Oc6c(-c7ccc(-c8nc(-c9ccccc9)cc(-c9ccc%10ccccc%10c9)n8)cc7)cccc65)c4)cc3)nc(-c3ccc(-c4cccc5c4Oc4ccccc4C54c5ccccc5-c5ccccc54)cc3)n2)cc1. The van der Waals surface area contributed by atoms with Gasteiger partial charge in [-0.1, -0.05) is 346 Å². The molecule has 512 valence electrons. The molecule has 2 aliphatic carbocycles. The predicted octanol–water partition coefficient (Wildman–Crippen LogP) is 26.0. The second-order valence-electron chi connectivity index (χ2n) is 29.0. The molecule has 0 bridgehead atoms. The van der Waals surface area contributed by atoms with Crippen molar-refractivity contribution in [3.8, 4) is 158 Å². The Bertz CT molecular complexity index is 6720. The molecule has 0 fully saturated rings. The number of ether oxygens (including phenoxy) is 2. The highest BCUT2D eigenvalue weighted by Gasteiger charge is 2.53. The summed E-state index contributed by atoms with van der Waals surface area (Å²) in [6, 6.07) is 139. The van der Waals surface area contributed by atoms with Gasteiger partial charge in [-0.3, -0.25) is 0 Å². The minimum atomic E-state index is -0.676. The Labute approximate surface area is 637 Å². The van der Waals surface area contributed by atoms with Crippen LogP contribution < -0.4 is 9.47 Å². The van der Waals surface area contributed by atoms with E-state index >= 15 is 0 Å². The second kappa shape index (κ2) is 25.1. The lowest BCUT2D eigenvalue weighted by atomic mass is 9.65. The molecule has 18 aromatic rings. The van der Waals surface area contributed by atoms with Gasteiger partial charge in [0, 0.05) is 66.8 Å². The highest BCUT2D eigenvalue weighted by molar-refractivity contribution is 5.95. The molecule has 6 nitrogen and oxygen atoms in total. The van der Waals surface area contributed by atoms with Crippen molar-refractivity contribution in [1.82, 2.24) is 19.9 Å². The Hall–Kier alpha value is -14.5. The minimum Gasteiger partial charge on any atom is -0.456 e. The summed E-state index contributed by atoms with van der Waals surface area (Å²) in [6.45, 7) is 0. The molecule has 0 amide bonds. The fourth-order valence-electron chi connectivity index (χ4n) is 18.1. The lowest BCUT2D eigenvalue weighted by Crippen LogP contribution is -2.32. The van der Waals surface area contributed by atoms with Crippen molar-refractivity contribution in [2.45, 2.75) is 10.8 Å². The van der Waals surface area contributed by atoms with Gasteiger partial charge >= 0.3 is 0 Å². The van der Waals surface area contributed by atoms with E-state index in [0.717, 1.165) is 146 Å². The average molecular weight is 1400 g/mol. The van der Waals surface area contributed by atoms with Crippen molar-refractivity contribution < 1.29 is 9.47 Å². The van der Waals surface area contributed by atoms with E-state index in [1.807, 2.05) is 12.1 Å². The summed E-state index contributed by atoms with van der Waals surface area (Å²) >= 11 is 0. The third-order valence-corrected chi connectivity index (χ3v) is 23.1. The first-order valence-electron chi connectivity index (χ1n) is 37.5. The molecule has 4 heterocycles. The van der Waals surface area contributed by atoms with E-state index in [0.29, 0.717) is 11.6 Å². The second-order valence-corrected chi connectivity index (χ2v) is 29.0. The fraction of sp³-hybridized carbons (Fsp3) is 0.0192. The standard InChI is InChI=1S/C104H64N4O2/c1-3-23-69(24-4-1)93-63-95(107-101(105-93)72-53-47-67(48-54-72)79-33-20-40-91-99(79)109-97-42-17-15-38-89(97)103(91)85-35-12-9-30-81(85)82-31-10-13-36-86(82)103)71-51-44-66(45-52-71)75-28-19-29-76(60-75)77-58-59-88-84(62-77)83-32-11-14-37-87(83)104(88)90-39-16-18-43-98(90)110-100-80(34-21-41-92(100)104)68-49-55-73(56-50-68)102-106-94(70-25-5-2-6-26-70)64-96(108-102)78-57-46-65-22-7-8-27-74(65)61-78/h1-64H. The maximum absolute atomic E-state index is 7.21. The lowest BCUT2D eigenvalue weighted by Gasteiger charge is -2.40. The van der Waals surface area contributed by atoms with E-state index in [1.165, 1.54) is 55.3 Å². The zero-order valence-electron chi connectivity index (χ0n) is 59.6. The van der Waals surface area contributed by atoms with Crippen molar-refractivity contribution >= 4 is 10.8 Å². The molecule has 0 saturated carbocycles. The van der Waals surface area contributed by atoms with Crippen LogP contribution in [0, 0.1) is 0 Å². The van der Waals surface area contributed by atoms with Gasteiger partial charge in [0.2, 0.25) is 0 Å². The highest BCUT2D eigenvalue weighted by atomic mass is 16.5. The van der Waals surface area contributed by atoms with E-state index in [-0.39, 0.29) is 0 Å². The summed E-state index contributed by atoms with van der Waals surface area (Å²) in [5.41, 5.74) is 31.1. The van der Waals surface area contributed by atoms with E-state index in [1.54, 1.807) is 0 Å². The summed E-state index contributed by atoms with van der Waals surface area (Å²) in [6.07, 6.45) is 0. The Balaban J connectivity index is 0.578. The van der Waals surface area contributed by atoms with Crippen LogP contribution in [0.5, 0.6) is 23.0 Å². The number of benzene rings is 16. The molecule has 0 radical (unpaired) electrons. The summed E-state index contributed by atoms with van der Waals surface area (Å²) in [5.74, 6) is 4.71. The molecule has 1 unspecified atom stereocenters. The summed E-state index contributed by atoms with van der Waals surface area (Å²) < 4.78 is 14.3. The van der Waals surface area contributed by atoms with Crippen LogP contribution in [0.1, 0.15) is 44.5 Å². The molecule has 0 saturated heterocycles. The normalized spacial score (nSPS) is 14.1. The molecule has 2 aromatic heterocycles. The first-order chi connectivity index (χ1) is 54.5. The number of nitrogens with zero attached hydrogens (tertiary/aromatic N) is 4. The van der Waals surface area contributed by atoms with Gasteiger partial charge in [0.05, 0.1) is 33.6 Å². The summed E-state index contributed by atoms with van der Waals surface area (Å²) in [4.78, 5) is 21.1. The van der Waals surface area contributed by atoms with Crippen molar-refractivity contribution in [2.75, 3.05) is 0 Å². The van der Waals surface area contributed by atoms with Crippen molar-refractivity contribution in [3.05, 3.63) is 433 Å². The van der Waals surface area contributed by atoms with Crippen LogP contribution in [0.15, 0.2) is 388 Å². The van der Waals surface area contributed by atoms with Crippen LogP contribution in [0.3, 0.4) is 0 Å². The van der Waals surface area contributed by atoms with Crippen LogP contribution in [-0.2, 0) is 10.8 Å². The minimum absolute atomic E-state index is 0.552. The van der Waals surface area contributed by atoms with Gasteiger partial charge in [-0.25, -0.2) is 19.9 Å². The number of hydrogen-bond acceptors (Lipinski definition) is 6. The average Bonchev–Trinajstić information content (AvgIpc) is 1.50. The third kappa shape index (κ3) is 9.82. The van der Waals surface area contributed by atoms with E-state index in [2.05, 4.69) is 376 Å². The number of hydrogen-bond donors (Lipinski definition) is 0. The number of aromatic nitrogens is 4. The van der Waals surface area contributed by atoms with Crippen LogP contribution in [0.4, 0.5) is 0 Å². The zero-order valence-corrected chi connectivity index (χ0v) is 59.6.